The van der Waals surface area contributed by atoms with Crippen LogP contribution in [0.25, 0.3) is 22.4 Å². The number of pyridine rings is 1. The highest BCUT2D eigenvalue weighted by Crippen LogP contribution is 2.32. The fourth-order valence-corrected chi connectivity index (χ4v) is 3.74. The lowest BCUT2D eigenvalue weighted by molar-refractivity contribution is -0.137. The SMILES string of the molecule is O=C(Cc1cccc(C(F)(F)F)c1)Nc1cc(Nc2ncccc2-c2ncnc3nc[nH]c23)ccc1F. The molecule has 0 aliphatic carbocycles. The van der Waals surface area contributed by atoms with E-state index in [1.807, 2.05) is 0 Å². The van der Waals surface area contributed by atoms with Crippen molar-refractivity contribution in [1.82, 2.24) is 24.9 Å². The van der Waals surface area contributed by atoms with E-state index >= 15 is 0 Å². The first-order valence-corrected chi connectivity index (χ1v) is 10.9. The summed E-state index contributed by atoms with van der Waals surface area (Å²) in [6.45, 7) is 0. The van der Waals surface area contributed by atoms with Crippen LogP contribution in [0.3, 0.4) is 0 Å². The first-order chi connectivity index (χ1) is 17.8. The molecule has 2 aromatic carbocycles. The Morgan fingerprint density at radius 2 is 1.84 bits per heavy atom. The zero-order valence-electron chi connectivity index (χ0n) is 18.8. The molecule has 5 aromatic rings. The van der Waals surface area contributed by atoms with Crippen LogP contribution in [0.15, 0.2) is 73.4 Å². The maximum atomic E-state index is 14.5. The predicted molar refractivity (Wildman–Crippen MR) is 128 cm³/mol. The molecule has 0 radical (unpaired) electrons. The van der Waals surface area contributed by atoms with Gasteiger partial charge < -0.3 is 15.6 Å². The summed E-state index contributed by atoms with van der Waals surface area (Å²) in [4.78, 5) is 32.4. The molecule has 12 heteroatoms. The summed E-state index contributed by atoms with van der Waals surface area (Å²) in [6, 6.07) is 11.9. The highest BCUT2D eigenvalue weighted by Gasteiger charge is 2.30. The molecule has 0 aliphatic heterocycles. The van der Waals surface area contributed by atoms with Gasteiger partial charge in [-0.05, 0) is 42.0 Å². The highest BCUT2D eigenvalue weighted by molar-refractivity contribution is 5.94. The third-order valence-corrected chi connectivity index (χ3v) is 5.41. The van der Waals surface area contributed by atoms with Crippen molar-refractivity contribution in [2.45, 2.75) is 12.6 Å². The van der Waals surface area contributed by atoms with Gasteiger partial charge in [-0.2, -0.15) is 13.2 Å². The van der Waals surface area contributed by atoms with Crippen LogP contribution in [-0.4, -0.2) is 30.8 Å². The Labute approximate surface area is 206 Å². The number of H-pyrrole nitrogens is 1. The number of amides is 1. The van der Waals surface area contributed by atoms with Gasteiger partial charge in [-0.3, -0.25) is 4.79 Å². The number of carbonyl (C=O) groups is 1. The molecule has 1 amide bonds. The van der Waals surface area contributed by atoms with Crippen LogP contribution in [0.2, 0.25) is 0 Å². The smallest absolute Gasteiger partial charge is 0.341 e. The maximum Gasteiger partial charge on any atom is 0.416 e. The van der Waals surface area contributed by atoms with Crippen molar-refractivity contribution in [3.8, 4) is 11.3 Å². The Morgan fingerprint density at radius 1 is 0.973 bits per heavy atom. The van der Waals surface area contributed by atoms with Crippen molar-refractivity contribution in [3.05, 3.63) is 90.4 Å². The molecule has 3 heterocycles. The highest BCUT2D eigenvalue weighted by atomic mass is 19.4. The number of aromatic nitrogens is 5. The normalized spacial score (nSPS) is 11.5. The molecule has 5 rings (SSSR count). The number of fused-ring (bicyclic) bond motifs is 1. The van der Waals surface area contributed by atoms with Crippen LogP contribution in [0.4, 0.5) is 34.8 Å². The van der Waals surface area contributed by atoms with Gasteiger partial charge >= 0.3 is 6.18 Å². The topological polar surface area (TPSA) is 108 Å². The van der Waals surface area contributed by atoms with Gasteiger partial charge in [0, 0.05) is 17.4 Å². The van der Waals surface area contributed by atoms with Crippen LogP contribution in [0, 0.1) is 5.82 Å². The number of hydrogen-bond donors (Lipinski definition) is 3. The van der Waals surface area contributed by atoms with Crippen molar-refractivity contribution in [2.75, 3.05) is 10.6 Å². The van der Waals surface area contributed by atoms with Crippen LogP contribution in [-0.2, 0) is 17.4 Å². The van der Waals surface area contributed by atoms with E-state index in [0.717, 1.165) is 18.2 Å². The molecule has 0 bridgehead atoms. The lowest BCUT2D eigenvalue weighted by Gasteiger charge is -2.13. The molecule has 0 saturated carbocycles. The van der Waals surface area contributed by atoms with Crippen LogP contribution in [0.5, 0.6) is 0 Å². The summed E-state index contributed by atoms with van der Waals surface area (Å²) in [5.41, 5.74) is 1.82. The third kappa shape index (κ3) is 5.22. The van der Waals surface area contributed by atoms with E-state index < -0.39 is 23.5 Å². The second-order valence-corrected chi connectivity index (χ2v) is 7.97. The standard InChI is InChI=1S/C25H17F4N7O/c26-18-7-6-16(11-19(18)36-20(37)10-14-3-1-4-15(9-14)25(27,28)29)35-23-17(5-2-8-30-23)21-22-24(33-12-31-21)34-13-32-22/h1-9,11-13H,10H2,(H,30,35)(H,36,37)(H,31,32,33,34). The van der Waals surface area contributed by atoms with Crippen molar-refractivity contribution in [2.24, 2.45) is 0 Å². The van der Waals surface area contributed by atoms with Crippen molar-refractivity contribution >= 4 is 34.3 Å². The quantitative estimate of drug-likeness (QED) is 0.262. The molecule has 3 N–H and O–H groups in total. The Hall–Kier alpha value is -4.87. The first-order valence-electron chi connectivity index (χ1n) is 10.9. The number of rotatable bonds is 6. The first kappa shape index (κ1) is 23.9. The number of aromatic amines is 1. The molecule has 3 aromatic heterocycles. The number of carbonyl (C=O) groups excluding carboxylic acids is 1. The number of halogens is 4. The lowest BCUT2D eigenvalue weighted by Crippen LogP contribution is -2.16. The predicted octanol–water partition coefficient (Wildman–Crippen LogP) is 5.50. The average Bonchev–Trinajstić information content (AvgIpc) is 3.35. The summed E-state index contributed by atoms with van der Waals surface area (Å²) in [5, 5.41) is 5.51. The second-order valence-electron chi connectivity index (χ2n) is 7.97. The molecule has 0 unspecified atom stereocenters. The molecule has 0 atom stereocenters. The van der Waals surface area contributed by atoms with E-state index in [1.54, 1.807) is 18.3 Å². The molecule has 0 fully saturated rings. The summed E-state index contributed by atoms with van der Waals surface area (Å²) >= 11 is 0. The minimum atomic E-state index is -4.53. The zero-order chi connectivity index (χ0) is 26.0. The molecular weight excluding hydrogens is 490 g/mol. The van der Waals surface area contributed by atoms with E-state index in [2.05, 4.69) is 35.6 Å². The molecule has 8 nitrogen and oxygen atoms in total. The van der Waals surface area contributed by atoms with Gasteiger partial charge in [0.05, 0.1) is 24.0 Å². The van der Waals surface area contributed by atoms with Crippen LogP contribution >= 0.6 is 0 Å². The van der Waals surface area contributed by atoms with E-state index in [9.17, 15) is 22.4 Å². The largest absolute Gasteiger partial charge is 0.416 e. The fraction of sp³-hybridized carbons (Fsp3) is 0.0800. The Morgan fingerprint density at radius 3 is 2.68 bits per heavy atom. The monoisotopic (exact) mass is 507 g/mol. The molecule has 0 saturated heterocycles. The van der Waals surface area contributed by atoms with E-state index in [4.69, 9.17) is 0 Å². The van der Waals surface area contributed by atoms with Crippen LogP contribution in [0.1, 0.15) is 11.1 Å². The number of nitrogens with one attached hydrogen (secondary N) is 3. The summed E-state index contributed by atoms with van der Waals surface area (Å²) < 4.78 is 53.3. The van der Waals surface area contributed by atoms with Gasteiger partial charge in [0.1, 0.15) is 29.2 Å². The molecule has 186 valence electrons. The van der Waals surface area contributed by atoms with Crippen molar-refractivity contribution in [3.63, 3.8) is 0 Å². The Balaban J connectivity index is 1.37. The zero-order valence-corrected chi connectivity index (χ0v) is 18.8. The number of anilines is 3. The number of benzene rings is 2. The molecular formula is C25H17F4N7O. The average molecular weight is 507 g/mol. The van der Waals surface area contributed by atoms with Gasteiger partial charge in [0.2, 0.25) is 5.91 Å². The van der Waals surface area contributed by atoms with Crippen molar-refractivity contribution < 1.29 is 22.4 Å². The minimum absolute atomic E-state index is 0.141. The molecule has 0 spiro atoms. The second kappa shape index (κ2) is 9.64. The minimum Gasteiger partial charge on any atom is -0.341 e. The van der Waals surface area contributed by atoms with Gasteiger partial charge in [0.15, 0.2) is 5.65 Å². The number of imidazole rings is 1. The Bertz CT molecular complexity index is 1600. The van der Waals surface area contributed by atoms with Crippen LogP contribution < -0.4 is 10.6 Å². The number of nitrogens with zero attached hydrogens (tertiary/aromatic N) is 4. The third-order valence-electron chi connectivity index (χ3n) is 5.41. The van der Waals surface area contributed by atoms with Gasteiger partial charge in [0.25, 0.3) is 0 Å². The van der Waals surface area contributed by atoms with Gasteiger partial charge in [-0.25, -0.2) is 24.3 Å². The van der Waals surface area contributed by atoms with E-state index in [0.29, 0.717) is 33.9 Å². The van der Waals surface area contributed by atoms with Gasteiger partial charge in [-0.15, -0.1) is 0 Å². The number of alkyl halides is 3. The van der Waals surface area contributed by atoms with Gasteiger partial charge in [-0.1, -0.05) is 18.2 Å². The lowest BCUT2D eigenvalue weighted by atomic mass is 10.1. The van der Waals surface area contributed by atoms with E-state index in [-0.39, 0.29) is 17.7 Å². The summed E-state index contributed by atoms with van der Waals surface area (Å²) in [5.74, 6) is -0.972. The summed E-state index contributed by atoms with van der Waals surface area (Å²) in [6.07, 6.45) is -0.443. The summed E-state index contributed by atoms with van der Waals surface area (Å²) in [7, 11) is 0. The Kier molecular flexibility index (Phi) is 6.22. The van der Waals surface area contributed by atoms with E-state index in [1.165, 1.54) is 36.9 Å². The van der Waals surface area contributed by atoms with Crippen molar-refractivity contribution in [1.29, 1.82) is 0 Å². The fourth-order valence-electron chi connectivity index (χ4n) is 3.74. The maximum absolute atomic E-state index is 14.5. The molecule has 37 heavy (non-hydrogen) atoms. The molecule has 0 aliphatic rings. The number of hydrogen-bond acceptors (Lipinski definition) is 6.